The maximum atomic E-state index is 12.5. The average Bonchev–Trinajstić information content (AvgIpc) is 2.95. The minimum absolute atomic E-state index is 0.0950. The molecule has 9 heteroatoms. The number of nitrogens with one attached hydrogen (secondary N) is 1. The van der Waals surface area contributed by atoms with Crippen LogP contribution in [0.25, 0.3) is 6.08 Å². The van der Waals surface area contributed by atoms with Gasteiger partial charge in [0.25, 0.3) is 17.1 Å². The van der Waals surface area contributed by atoms with E-state index in [1.807, 2.05) is 0 Å². The summed E-state index contributed by atoms with van der Waals surface area (Å²) in [6, 6.07) is 8.81. The van der Waals surface area contributed by atoms with Crippen LogP contribution in [-0.4, -0.2) is 47.1 Å². The molecule has 0 unspecified atom stereocenters. The fraction of sp³-hybridized carbons (Fsp3) is 0.158. The molecule has 7 nitrogen and oxygen atoms in total. The Hall–Kier alpha value is -2.65. The molecule has 0 aliphatic carbocycles. The number of carbonyl (C=O) groups excluding carboxylic acids is 3. The van der Waals surface area contributed by atoms with Gasteiger partial charge in [0, 0.05) is 30.0 Å². The van der Waals surface area contributed by atoms with Crippen LogP contribution >= 0.6 is 27.7 Å². The third-order valence-electron chi connectivity index (χ3n) is 3.88. The summed E-state index contributed by atoms with van der Waals surface area (Å²) in [5.41, 5.74) is 1.18. The first-order valence-corrected chi connectivity index (χ1v) is 9.87. The largest absolute Gasteiger partial charge is 0.497 e. The van der Waals surface area contributed by atoms with Crippen molar-refractivity contribution < 1.29 is 19.1 Å². The zero-order valence-corrected chi connectivity index (χ0v) is 17.2. The normalized spacial score (nSPS) is 15.2. The van der Waals surface area contributed by atoms with Crippen LogP contribution < -0.4 is 10.1 Å². The second-order valence-corrected chi connectivity index (χ2v) is 7.66. The lowest BCUT2D eigenvalue weighted by Gasteiger charge is -2.13. The highest BCUT2D eigenvalue weighted by Crippen LogP contribution is 2.32. The van der Waals surface area contributed by atoms with E-state index in [1.54, 1.807) is 49.7 Å². The smallest absolute Gasteiger partial charge is 0.293 e. The predicted molar refractivity (Wildman–Crippen MR) is 110 cm³/mol. The van der Waals surface area contributed by atoms with E-state index >= 15 is 0 Å². The summed E-state index contributed by atoms with van der Waals surface area (Å²) in [7, 11) is 1.58. The Morgan fingerprint density at radius 3 is 2.71 bits per heavy atom. The number of hydrogen-bond acceptors (Lipinski definition) is 6. The number of hydrogen-bond donors (Lipinski definition) is 1. The van der Waals surface area contributed by atoms with Crippen molar-refractivity contribution in [1.29, 1.82) is 0 Å². The first-order valence-electron chi connectivity index (χ1n) is 8.26. The number of halogens is 1. The van der Waals surface area contributed by atoms with E-state index in [9.17, 15) is 14.4 Å². The number of ether oxygens (including phenoxy) is 1. The summed E-state index contributed by atoms with van der Waals surface area (Å²) in [4.78, 5) is 42.2. The van der Waals surface area contributed by atoms with Crippen LogP contribution in [0.1, 0.15) is 15.9 Å². The fourth-order valence-electron chi connectivity index (χ4n) is 2.46. The minimum Gasteiger partial charge on any atom is -0.497 e. The van der Waals surface area contributed by atoms with Gasteiger partial charge in [-0.2, -0.15) is 0 Å². The zero-order chi connectivity index (χ0) is 20.1. The van der Waals surface area contributed by atoms with Gasteiger partial charge in [0.1, 0.15) is 5.75 Å². The van der Waals surface area contributed by atoms with Crippen molar-refractivity contribution in [1.82, 2.24) is 15.2 Å². The number of thioether (sulfide) groups is 1. The van der Waals surface area contributed by atoms with Crippen molar-refractivity contribution in [2.75, 3.05) is 20.2 Å². The molecule has 2 heterocycles. The van der Waals surface area contributed by atoms with E-state index < -0.39 is 0 Å². The maximum absolute atomic E-state index is 12.5. The molecule has 1 saturated heterocycles. The number of pyridine rings is 1. The van der Waals surface area contributed by atoms with Crippen LogP contribution in [0.5, 0.6) is 5.75 Å². The maximum Gasteiger partial charge on any atom is 0.293 e. The molecule has 3 rings (SSSR count). The van der Waals surface area contributed by atoms with Crippen LogP contribution in [0.15, 0.2) is 52.1 Å². The van der Waals surface area contributed by atoms with Gasteiger partial charge in [-0.15, -0.1) is 0 Å². The van der Waals surface area contributed by atoms with Gasteiger partial charge < -0.3 is 10.1 Å². The fourth-order valence-corrected chi connectivity index (χ4v) is 3.69. The van der Waals surface area contributed by atoms with Gasteiger partial charge in [-0.3, -0.25) is 24.3 Å². The first-order chi connectivity index (χ1) is 13.5. The van der Waals surface area contributed by atoms with Gasteiger partial charge in [0.15, 0.2) is 0 Å². The highest BCUT2D eigenvalue weighted by atomic mass is 79.9. The number of amides is 3. The van der Waals surface area contributed by atoms with Crippen molar-refractivity contribution in [2.45, 2.75) is 0 Å². The molecule has 0 atom stereocenters. The van der Waals surface area contributed by atoms with E-state index in [1.165, 1.54) is 6.20 Å². The average molecular weight is 462 g/mol. The van der Waals surface area contributed by atoms with Crippen LogP contribution in [0, 0.1) is 0 Å². The summed E-state index contributed by atoms with van der Waals surface area (Å²) in [6.07, 6.45) is 4.68. The van der Waals surface area contributed by atoms with Crippen molar-refractivity contribution in [3.8, 4) is 5.75 Å². The molecule has 3 amide bonds. The molecular weight excluding hydrogens is 446 g/mol. The van der Waals surface area contributed by atoms with Gasteiger partial charge >= 0.3 is 0 Å². The highest BCUT2D eigenvalue weighted by molar-refractivity contribution is 9.10. The molecule has 1 aromatic carbocycles. The van der Waals surface area contributed by atoms with Gasteiger partial charge in [-0.1, -0.05) is 12.1 Å². The lowest BCUT2D eigenvalue weighted by molar-refractivity contribution is -0.122. The van der Waals surface area contributed by atoms with Crippen molar-refractivity contribution in [2.24, 2.45) is 0 Å². The molecule has 0 spiro atoms. The summed E-state index contributed by atoms with van der Waals surface area (Å²) in [6.45, 7) is 0.247. The summed E-state index contributed by atoms with van der Waals surface area (Å²) >= 11 is 4.14. The Bertz CT molecular complexity index is 946. The number of aromatic nitrogens is 1. The minimum atomic E-state index is -0.371. The van der Waals surface area contributed by atoms with Gasteiger partial charge in [0.2, 0.25) is 0 Å². The van der Waals surface area contributed by atoms with Crippen molar-refractivity contribution in [3.05, 3.63) is 63.2 Å². The van der Waals surface area contributed by atoms with Crippen LogP contribution in [0.3, 0.4) is 0 Å². The number of benzene rings is 1. The Labute approximate surface area is 174 Å². The SMILES string of the molecule is COc1ccc(C=C2SC(=O)N(CCNC(=O)c3cncc(Br)c3)C2=O)cc1. The topological polar surface area (TPSA) is 88.6 Å². The van der Waals surface area contributed by atoms with E-state index in [4.69, 9.17) is 4.74 Å². The third-order valence-corrected chi connectivity index (χ3v) is 5.22. The zero-order valence-electron chi connectivity index (χ0n) is 14.8. The second kappa shape index (κ2) is 9.03. The lowest BCUT2D eigenvalue weighted by atomic mass is 10.2. The second-order valence-electron chi connectivity index (χ2n) is 5.75. The summed E-state index contributed by atoms with van der Waals surface area (Å²) in [5.74, 6) is 0.0142. The molecule has 0 saturated carbocycles. The first kappa shape index (κ1) is 20.1. The molecule has 1 aliphatic heterocycles. The summed E-state index contributed by atoms with van der Waals surface area (Å²) < 4.78 is 5.79. The number of rotatable bonds is 6. The monoisotopic (exact) mass is 461 g/mol. The van der Waals surface area contributed by atoms with Crippen LogP contribution in [0.2, 0.25) is 0 Å². The number of carbonyl (C=O) groups is 3. The number of nitrogens with zero attached hydrogens (tertiary/aromatic N) is 2. The van der Waals surface area contributed by atoms with Crippen LogP contribution in [-0.2, 0) is 4.79 Å². The van der Waals surface area contributed by atoms with Crippen LogP contribution in [0.4, 0.5) is 4.79 Å². The van der Waals surface area contributed by atoms with Gasteiger partial charge in [-0.05, 0) is 57.5 Å². The molecule has 1 aromatic heterocycles. The predicted octanol–water partition coefficient (Wildman–Crippen LogP) is 3.32. The number of imide groups is 1. The molecule has 1 aliphatic rings. The Morgan fingerprint density at radius 1 is 1.29 bits per heavy atom. The van der Waals surface area contributed by atoms with E-state index in [-0.39, 0.29) is 30.1 Å². The van der Waals surface area contributed by atoms with Crippen molar-refractivity contribution in [3.63, 3.8) is 0 Å². The quantitative estimate of drug-likeness (QED) is 0.663. The third kappa shape index (κ3) is 4.79. The highest BCUT2D eigenvalue weighted by Gasteiger charge is 2.34. The molecule has 2 aromatic rings. The van der Waals surface area contributed by atoms with E-state index in [0.29, 0.717) is 20.7 Å². The Kier molecular flexibility index (Phi) is 6.48. The molecular formula is C19H16BrN3O4S. The van der Waals surface area contributed by atoms with E-state index in [0.717, 1.165) is 22.2 Å². The summed E-state index contributed by atoms with van der Waals surface area (Å²) in [5, 5.41) is 2.32. The standard InChI is InChI=1S/C19H16BrN3O4S/c1-27-15-4-2-12(3-5-15)8-16-18(25)23(19(26)28-16)7-6-22-17(24)13-9-14(20)11-21-10-13/h2-5,8-11H,6-7H2,1H3,(H,22,24). The van der Waals surface area contributed by atoms with Gasteiger partial charge in [-0.25, -0.2) is 0 Å². The molecule has 1 fully saturated rings. The van der Waals surface area contributed by atoms with Crippen molar-refractivity contribution >= 4 is 50.8 Å². The molecule has 144 valence electrons. The van der Waals surface area contributed by atoms with Gasteiger partial charge in [0.05, 0.1) is 17.6 Å². The van der Waals surface area contributed by atoms with E-state index in [2.05, 4.69) is 26.2 Å². The molecule has 0 bridgehead atoms. The molecule has 0 radical (unpaired) electrons. The number of methoxy groups -OCH3 is 1. The Balaban J connectivity index is 1.59. The molecule has 28 heavy (non-hydrogen) atoms. The Morgan fingerprint density at radius 2 is 2.04 bits per heavy atom. The lowest BCUT2D eigenvalue weighted by Crippen LogP contribution is -2.37. The molecule has 1 N–H and O–H groups in total.